The van der Waals surface area contributed by atoms with Crippen molar-refractivity contribution in [2.24, 2.45) is 5.92 Å². The lowest BCUT2D eigenvalue weighted by Gasteiger charge is -2.19. The maximum atomic E-state index is 10.9. The highest BCUT2D eigenvalue weighted by Gasteiger charge is 2.25. The van der Waals surface area contributed by atoms with E-state index in [2.05, 4.69) is 12.6 Å². The molecule has 1 unspecified atom stereocenters. The zero-order valence-corrected chi connectivity index (χ0v) is 9.89. The zero-order chi connectivity index (χ0) is 11.7. The highest BCUT2D eigenvalue weighted by Crippen LogP contribution is 2.30. The third-order valence-electron chi connectivity index (χ3n) is 2.33. The summed E-state index contributed by atoms with van der Waals surface area (Å²) in [5, 5.41) is 8.86. The van der Waals surface area contributed by atoms with Crippen LogP contribution >= 0.6 is 12.6 Å². The van der Waals surface area contributed by atoms with Crippen LogP contribution < -0.4 is 0 Å². The fourth-order valence-electron chi connectivity index (χ4n) is 1.39. The molecule has 1 N–H and O–H groups in total. The average Bonchev–Trinajstić information content (AvgIpc) is 2.13. The first-order chi connectivity index (χ1) is 6.86. The number of allylic oxidation sites excluding steroid dienone is 2. The van der Waals surface area contributed by atoms with Gasteiger partial charge in [-0.05, 0) is 23.5 Å². The molecule has 0 aromatic heterocycles. The van der Waals surface area contributed by atoms with Gasteiger partial charge in [-0.1, -0.05) is 6.92 Å². The van der Waals surface area contributed by atoms with Gasteiger partial charge in [0.1, 0.15) is 0 Å². The molecule has 0 fully saturated rings. The molecule has 0 aromatic rings. The van der Waals surface area contributed by atoms with Crippen LogP contribution in [0.5, 0.6) is 0 Å². The Kier molecular flexibility index (Phi) is 3.41. The van der Waals surface area contributed by atoms with Gasteiger partial charge in [-0.25, -0.2) is 4.79 Å². The Morgan fingerprint density at radius 3 is 2.47 bits per heavy atom. The molecule has 6 heteroatoms. The predicted molar refractivity (Wildman–Crippen MR) is 60.5 cm³/mol. The van der Waals surface area contributed by atoms with Gasteiger partial charge in [-0.2, -0.15) is 8.42 Å². The average molecular weight is 246 g/mol. The fraction of sp³-hybridized carbons (Fsp3) is 0.333. The van der Waals surface area contributed by atoms with Crippen LogP contribution in [0.2, 0.25) is 0 Å². The first-order valence-electron chi connectivity index (χ1n) is 4.17. The minimum Gasteiger partial charge on any atom is -0.478 e. The molecular formula is C9H10O4S2. The molecule has 1 aliphatic carbocycles. The van der Waals surface area contributed by atoms with Crippen LogP contribution in [-0.2, 0) is 15.1 Å². The van der Waals surface area contributed by atoms with E-state index in [-0.39, 0.29) is 16.4 Å². The molecule has 0 radical (unpaired) electrons. The summed E-state index contributed by atoms with van der Waals surface area (Å²) in [5.41, 5.74) is 0.491. The van der Waals surface area contributed by atoms with Gasteiger partial charge in [0.15, 0.2) is 0 Å². The Bertz CT molecular complexity index is 500. The smallest absolute Gasteiger partial charge is 0.336 e. The van der Waals surface area contributed by atoms with E-state index in [0.717, 1.165) is 0 Å². The van der Waals surface area contributed by atoms with Crippen LogP contribution in [0.3, 0.4) is 0 Å². The number of hydrogen-bond donors (Lipinski definition) is 2. The van der Waals surface area contributed by atoms with Gasteiger partial charge in [0.2, 0.25) is 10.3 Å². The van der Waals surface area contributed by atoms with Crippen LogP contribution in [0.25, 0.3) is 0 Å². The topological polar surface area (TPSA) is 71.4 Å². The maximum absolute atomic E-state index is 10.9. The Balaban J connectivity index is 3.50. The van der Waals surface area contributed by atoms with Crippen molar-refractivity contribution in [3.05, 3.63) is 22.1 Å². The summed E-state index contributed by atoms with van der Waals surface area (Å²) in [4.78, 5) is 11.4. The Hall–Kier alpha value is -1.01. The van der Waals surface area contributed by atoms with E-state index in [4.69, 9.17) is 5.11 Å². The summed E-state index contributed by atoms with van der Waals surface area (Å²) in [6, 6.07) is 0. The van der Waals surface area contributed by atoms with Crippen LogP contribution in [0.15, 0.2) is 22.1 Å². The number of aliphatic carboxylic acids is 1. The fourth-order valence-corrected chi connectivity index (χ4v) is 2.36. The summed E-state index contributed by atoms with van der Waals surface area (Å²) < 4.78 is 21.7. The summed E-state index contributed by atoms with van der Waals surface area (Å²) in [7, 11) is -2.41. The summed E-state index contributed by atoms with van der Waals surface area (Å²) in [5.74, 6) is -1.52. The molecule has 1 atom stereocenters. The Labute approximate surface area is 94.2 Å². The third kappa shape index (κ3) is 2.15. The summed E-state index contributed by atoms with van der Waals surface area (Å²) in [6.07, 6.45) is 1.19. The van der Waals surface area contributed by atoms with Crippen LogP contribution in [0, 0.1) is 5.92 Å². The Morgan fingerprint density at radius 1 is 1.53 bits per heavy atom. The van der Waals surface area contributed by atoms with Gasteiger partial charge in [0, 0.05) is 5.92 Å². The zero-order valence-electron chi connectivity index (χ0n) is 8.18. The molecule has 0 heterocycles. The highest BCUT2D eigenvalue weighted by molar-refractivity contribution is 7.84. The molecule has 0 bridgehead atoms. The number of hydrogen-bond acceptors (Lipinski definition) is 4. The quantitative estimate of drug-likeness (QED) is 0.532. The largest absolute Gasteiger partial charge is 0.478 e. The lowest BCUT2D eigenvalue weighted by Crippen LogP contribution is -2.20. The molecule has 1 rings (SSSR count). The van der Waals surface area contributed by atoms with E-state index in [9.17, 15) is 13.2 Å². The first kappa shape index (κ1) is 12.1. The molecule has 0 aromatic carbocycles. The molecule has 1 aliphatic rings. The minimum atomic E-state index is -2.41. The second kappa shape index (κ2) is 4.24. The maximum Gasteiger partial charge on any atom is 0.336 e. The van der Waals surface area contributed by atoms with E-state index in [1.807, 2.05) is 0 Å². The SMILES string of the molecule is CC1=C(S)C(C)C(=S(=O)=O)C=C1C(=O)O. The molecule has 15 heavy (non-hydrogen) atoms. The molecule has 0 saturated carbocycles. The molecule has 0 spiro atoms. The van der Waals surface area contributed by atoms with Crippen molar-refractivity contribution < 1.29 is 18.3 Å². The van der Waals surface area contributed by atoms with Crippen molar-refractivity contribution >= 4 is 33.8 Å². The monoisotopic (exact) mass is 246 g/mol. The minimum absolute atomic E-state index is 0.0164. The van der Waals surface area contributed by atoms with Gasteiger partial charge in [0.05, 0.1) is 10.4 Å². The number of thiol groups is 1. The summed E-state index contributed by atoms with van der Waals surface area (Å²) in [6.45, 7) is 3.29. The number of carboxylic acids is 1. The number of carbonyl (C=O) groups is 1. The molecular weight excluding hydrogens is 236 g/mol. The third-order valence-corrected chi connectivity index (χ3v) is 3.91. The summed E-state index contributed by atoms with van der Waals surface area (Å²) >= 11 is 4.14. The number of carboxylic acid groups (broad SMARTS) is 1. The van der Waals surface area contributed by atoms with E-state index in [1.165, 1.54) is 6.08 Å². The van der Waals surface area contributed by atoms with Crippen LogP contribution in [0.4, 0.5) is 0 Å². The van der Waals surface area contributed by atoms with Crippen molar-refractivity contribution in [3.63, 3.8) is 0 Å². The first-order valence-corrected chi connectivity index (χ1v) is 5.69. The van der Waals surface area contributed by atoms with E-state index >= 15 is 0 Å². The van der Waals surface area contributed by atoms with E-state index in [0.29, 0.717) is 10.5 Å². The molecule has 0 aliphatic heterocycles. The van der Waals surface area contributed by atoms with Crippen molar-refractivity contribution in [2.45, 2.75) is 13.8 Å². The van der Waals surface area contributed by atoms with Gasteiger partial charge < -0.3 is 5.11 Å². The predicted octanol–water partition coefficient (Wildman–Crippen LogP) is 0.902. The van der Waals surface area contributed by atoms with Gasteiger partial charge >= 0.3 is 5.97 Å². The number of rotatable bonds is 1. The van der Waals surface area contributed by atoms with Gasteiger partial charge in [0.25, 0.3) is 0 Å². The van der Waals surface area contributed by atoms with Crippen molar-refractivity contribution in [1.82, 2.24) is 0 Å². The van der Waals surface area contributed by atoms with Crippen molar-refractivity contribution in [3.8, 4) is 0 Å². The van der Waals surface area contributed by atoms with Crippen molar-refractivity contribution in [1.29, 1.82) is 0 Å². The molecule has 82 valence electrons. The Morgan fingerprint density at radius 2 is 2.07 bits per heavy atom. The standard InChI is InChI=1S/C9H10O4S2/c1-4-6(9(10)11)3-7(15(12)13)5(2)8(4)14/h3,5,14H,1-2H3,(H,10,11). The lowest BCUT2D eigenvalue weighted by molar-refractivity contribution is -0.132. The van der Waals surface area contributed by atoms with Crippen molar-refractivity contribution in [2.75, 3.05) is 0 Å². The molecule has 0 amide bonds. The highest BCUT2D eigenvalue weighted by atomic mass is 32.2. The second-order valence-corrected chi connectivity index (χ2v) is 4.65. The lowest BCUT2D eigenvalue weighted by atomic mass is 9.92. The normalized spacial score (nSPS) is 21.4. The van der Waals surface area contributed by atoms with Crippen LogP contribution in [-0.4, -0.2) is 24.4 Å². The molecule has 4 nitrogen and oxygen atoms in total. The second-order valence-electron chi connectivity index (χ2n) is 3.23. The van der Waals surface area contributed by atoms with Gasteiger partial charge in [-0.3, -0.25) is 0 Å². The van der Waals surface area contributed by atoms with Crippen LogP contribution in [0.1, 0.15) is 13.8 Å². The molecule has 0 saturated heterocycles. The van der Waals surface area contributed by atoms with E-state index < -0.39 is 16.3 Å². The van der Waals surface area contributed by atoms with Gasteiger partial charge in [-0.15, -0.1) is 12.6 Å². The van der Waals surface area contributed by atoms with E-state index in [1.54, 1.807) is 13.8 Å².